The van der Waals surface area contributed by atoms with Crippen LogP contribution in [0.25, 0.3) is 0 Å². The average molecular weight is 302 g/mol. The molecule has 0 unspecified atom stereocenters. The first-order valence-corrected chi connectivity index (χ1v) is 8.17. The number of carbonyl (C=O) groups is 1. The molecule has 1 aliphatic heterocycles. The predicted molar refractivity (Wildman–Crippen MR) is 69.8 cm³/mol. The van der Waals surface area contributed by atoms with E-state index in [-0.39, 0.29) is 18.4 Å². The number of nitrogens with one attached hydrogen (secondary N) is 1. The van der Waals surface area contributed by atoms with Crippen molar-refractivity contribution in [1.29, 1.82) is 0 Å². The number of aromatic nitrogens is 4. The molecule has 0 saturated carbocycles. The molecular formula is C10H18N6O3S. The van der Waals surface area contributed by atoms with Crippen molar-refractivity contribution < 1.29 is 13.2 Å². The standard InChI is InChI=1S/C10H18N6O3S/c1-15-9(12-13-14-15)7-11-10(17)8-3-5-16(6-4-8)20(2,18)19/h8H,3-7H2,1-2H3,(H,11,17). The quantitative estimate of drug-likeness (QED) is 0.724. The van der Waals surface area contributed by atoms with E-state index < -0.39 is 10.0 Å². The number of hydrogen-bond donors (Lipinski definition) is 1. The van der Waals surface area contributed by atoms with Crippen molar-refractivity contribution in [2.45, 2.75) is 19.4 Å². The summed E-state index contributed by atoms with van der Waals surface area (Å²) in [4.78, 5) is 12.0. The summed E-state index contributed by atoms with van der Waals surface area (Å²) < 4.78 is 25.7. The lowest BCUT2D eigenvalue weighted by molar-refractivity contribution is -0.126. The third kappa shape index (κ3) is 3.51. The van der Waals surface area contributed by atoms with Gasteiger partial charge in [0.1, 0.15) is 0 Å². The highest BCUT2D eigenvalue weighted by molar-refractivity contribution is 7.88. The van der Waals surface area contributed by atoms with E-state index in [0.717, 1.165) is 0 Å². The smallest absolute Gasteiger partial charge is 0.223 e. The van der Waals surface area contributed by atoms with Crippen molar-refractivity contribution in [3.63, 3.8) is 0 Å². The van der Waals surface area contributed by atoms with Crippen LogP contribution in [-0.4, -0.2) is 58.2 Å². The first-order chi connectivity index (χ1) is 9.38. The fourth-order valence-corrected chi connectivity index (χ4v) is 3.03. The van der Waals surface area contributed by atoms with Gasteiger partial charge in [-0.3, -0.25) is 4.79 Å². The first kappa shape index (κ1) is 14.9. The van der Waals surface area contributed by atoms with Gasteiger partial charge in [0.05, 0.1) is 12.8 Å². The fraction of sp³-hybridized carbons (Fsp3) is 0.800. The molecule has 10 heteroatoms. The molecule has 112 valence electrons. The Hall–Kier alpha value is -1.55. The van der Waals surface area contributed by atoms with E-state index in [1.807, 2.05) is 0 Å². The van der Waals surface area contributed by atoms with Crippen LogP contribution in [0.5, 0.6) is 0 Å². The first-order valence-electron chi connectivity index (χ1n) is 6.32. The molecule has 1 fully saturated rings. The zero-order valence-corrected chi connectivity index (χ0v) is 12.3. The Morgan fingerprint density at radius 3 is 2.55 bits per heavy atom. The van der Waals surface area contributed by atoms with Crippen molar-refractivity contribution >= 4 is 15.9 Å². The number of tetrazole rings is 1. The van der Waals surface area contributed by atoms with E-state index in [2.05, 4.69) is 20.8 Å². The number of aryl methyl sites for hydroxylation is 1. The normalized spacial score (nSPS) is 18.1. The summed E-state index contributed by atoms with van der Waals surface area (Å²) in [5, 5.41) is 13.7. The van der Waals surface area contributed by atoms with Gasteiger partial charge in [0.2, 0.25) is 15.9 Å². The molecule has 0 spiro atoms. The number of rotatable bonds is 4. The van der Waals surface area contributed by atoms with Gasteiger partial charge in [-0.1, -0.05) is 0 Å². The minimum absolute atomic E-state index is 0.0823. The molecule has 0 radical (unpaired) electrons. The summed E-state index contributed by atoms with van der Waals surface area (Å²) in [5.74, 6) is 0.335. The second-order valence-electron chi connectivity index (χ2n) is 4.87. The summed E-state index contributed by atoms with van der Waals surface area (Å²) in [5.41, 5.74) is 0. The number of sulfonamides is 1. The van der Waals surface area contributed by atoms with Crippen LogP contribution in [0.4, 0.5) is 0 Å². The summed E-state index contributed by atoms with van der Waals surface area (Å²) in [6.45, 7) is 1.06. The van der Waals surface area contributed by atoms with Gasteiger partial charge >= 0.3 is 0 Å². The van der Waals surface area contributed by atoms with E-state index in [1.54, 1.807) is 7.05 Å². The van der Waals surface area contributed by atoms with Crippen LogP contribution in [0.2, 0.25) is 0 Å². The fourth-order valence-electron chi connectivity index (χ4n) is 2.16. The van der Waals surface area contributed by atoms with E-state index in [4.69, 9.17) is 0 Å². The number of nitrogens with zero attached hydrogens (tertiary/aromatic N) is 5. The van der Waals surface area contributed by atoms with Crippen molar-refractivity contribution in [1.82, 2.24) is 29.8 Å². The third-order valence-corrected chi connectivity index (χ3v) is 4.73. The predicted octanol–water partition coefficient (Wildman–Crippen LogP) is -1.50. The monoisotopic (exact) mass is 302 g/mol. The molecule has 0 aliphatic carbocycles. The maximum Gasteiger partial charge on any atom is 0.223 e. The number of carbonyl (C=O) groups excluding carboxylic acids is 1. The lowest BCUT2D eigenvalue weighted by Crippen LogP contribution is -2.42. The van der Waals surface area contributed by atoms with Gasteiger partial charge in [0, 0.05) is 26.1 Å². The van der Waals surface area contributed by atoms with Crippen LogP contribution >= 0.6 is 0 Å². The Bertz CT molecular complexity index is 576. The highest BCUT2D eigenvalue weighted by Crippen LogP contribution is 2.19. The van der Waals surface area contributed by atoms with Crippen molar-refractivity contribution in [3.8, 4) is 0 Å². The Morgan fingerprint density at radius 1 is 1.40 bits per heavy atom. The van der Waals surface area contributed by atoms with Crippen molar-refractivity contribution in [2.24, 2.45) is 13.0 Å². The van der Waals surface area contributed by atoms with E-state index in [0.29, 0.717) is 31.8 Å². The summed E-state index contributed by atoms with van der Waals surface area (Å²) in [6.07, 6.45) is 2.26. The molecule has 2 heterocycles. The maximum absolute atomic E-state index is 12.0. The minimum atomic E-state index is -3.16. The largest absolute Gasteiger partial charge is 0.348 e. The Kier molecular flexibility index (Phi) is 4.33. The number of hydrogen-bond acceptors (Lipinski definition) is 6. The molecule has 1 saturated heterocycles. The molecule has 9 nitrogen and oxygen atoms in total. The Morgan fingerprint density at radius 2 is 2.05 bits per heavy atom. The zero-order chi connectivity index (χ0) is 14.8. The van der Waals surface area contributed by atoms with E-state index in [9.17, 15) is 13.2 Å². The number of amides is 1. The highest BCUT2D eigenvalue weighted by atomic mass is 32.2. The van der Waals surface area contributed by atoms with Gasteiger partial charge in [-0.05, 0) is 23.3 Å². The van der Waals surface area contributed by atoms with E-state index >= 15 is 0 Å². The Labute approximate surface area is 117 Å². The van der Waals surface area contributed by atoms with Crippen LogP contribution in [0.3, 0.4) is 0 Å². The maximum atomic E-state index is 12.0. The molecule has 1 aromatic rings. The SMILES string of the molecule is Cn1nnnc1CNC(=O)C1CCN(S(C)(=O)=O)CC1. The molecule has 1 amide bonds. The van der Waals surface area contributed by atoms with Gasteiger partial charge in [-0.25, -0.2) is 17.4 Å². The second-order valence-corrected chi connectivity index (χ2v) is 6.86. The molecule has 1 aliphatic rings. The molecule has 0 aromatic carbocycles. The third-order valence-electron chi connectivity index (χ3n) is 3.42. The molecule has 0 atom stereocenters. The summed E-state index contributed by atoms with van der Waals surface area (Å²) >= 11 is 0. The lowest BCUT2D eigenvalue weighted by atomic mass is 9.97. The Balaban J connectivity index is 1.82. The average Bonchev–Trinajstić information content (AvgIpc) is 2.81. The molecule has 20 heavy (non-hydrogen) atoms. The van der Waals surface area contributed by atoms with Gasteiger partial charge in [0.15, 0.2) is 5.82 Å². The molecule has 2 rings (SSSR count). The number of piperidine rings is 1. The minimum Gasteiger partial charge on any atom is -0.348 e. The van der Waals surface area contributed by atoms with Crippen LogP contribution in [0.15, 0.2) is 0 Å². The van der Waals surface area contributed by atoms with Crippen molar-refractivity contribution in [2.75, 3.05) is 19.3 Å². The van der Waals surface area contributed by atoms with Crippen LogP contribution in [0.1, 0.15) is 18.7 Å². The van der Waals surface area contributed by atoms with Gasteiger partial charge in [0.25, 0.3) is 0 Å². The molecule has 1 N–H and O–H groups in total. The molecular weight excluding hydrogens is 284 g/mol. The lowest BCUT2D eigenvalue weighted by Gasteiger charge is -2.29. The second kappa shape index (κ2) is 5.83. The molecule has 1 aromatic heterocycles. The van der Waals surface area contributed by atoms with Crippen LogP contribution < -0.4 is 5.32 Å². The van der Waals surface area contributed by atoms with Crippen molar-refractivity contribution in [3.05, 3.63) is 5.82 Å². The molecule has 0 bridgehead atoms. The van der Waals surface area contributed by atoms with E-state index in [1.165, 1.54) is 15.2 Å². The highest BCUT2D eigenvalue weighted by Gasteiger charge is 2.28. The topological polar surface area (TPSA) is 110 Å². The van der Waals surface area contributed by atoms with Gasteiger partial charge < -0.3 is 5.32 Å². The van der Waals surface area contributed by atoms with Crippen LogP contribution in [-0.2, 0) is 28.4 Å². The zero-order valence-electron chi connectivity index (χ0n) is 11.5. The summed E-state index contributed by atoms with van der Waals surface area (Å²) in [7, 11) is -1.46. The summed E-state index contributed by atoms with van der Waals surface area (Å²) in [6, 6.07) is 0. The van der Waals surface area contributed by atoms with Gasteiger partial charge in [-0.2, -0.15) is 0 Å². The van der Waals surface area contributed by atoms with Gasteiger partial charge in [-0.15, -0.1) is 5.10 Å². The van der Waals surface area contributed by atoms with Crippen LogP contribution in [0, 0.1) is 5.92 Å².